The molecule has 25 heavy (non-hydrogen) atoms. The van der Waals surface area contributed by atoms with Gasteiger partial charge >= 0.3 is 5.97 Å². The van der Waals surface area contributed by atoms with E-state index >= 15 is 0 Å². The van der Waals surface area contributed by atoms with Crippen molar-refractivity contribution >= 4 is 41.6 Å². The van der Waals surface area contributed by atoms with Crippen molar-refractivity contribution in [1.82, 2.24) is 10.6 Å². The second-order valence-corrected chi connectivity index (χ2v) is 5.94. The zero-order valence-electron chi connectivity index (χ0n) is 15.0. The summed E-state index contributed by atoms with van der Waals surface area (Å²) in [5.41, 5.74) is 1.27. The van der Waals surface area contributed by atoms with Crippen molar-refractivity contribution in [2.45, 2.75) is 31.7 Å². The van der Waals surface area contributed by atoms with Gasteiger partial charge in [0.15, 0.2) is 5.96 Å². The quantitative estimate of drug-likeness (QED) is 0.215. The van der Waals surface area contributed by atoms with Crippen LogP contribution in [0.2, 0.25) is 0 Å². The number of unbranched alkanes of at least 4 members (excludes halogenated alkanes) is 1. The molecular formula is C18H29IN4O2. The number of nitrogens with one attached hydrogen (secondary N) is 2. The Kier molecular flexibility index (Phi) is 10.3. The van der Waals surface area contributed by atoms with Crippen LogP contribution in [0.1, 0.15) is 25.7 Å². The van der Waals surface area contributed by atoms with Crippen LogP contribution < -0.4 is 15.5 Å². The van der Waals surface area contributed by atoms with Crippen LogP contribution in [0.3, 0.4) is 0 Å². The minimum atomic E-state index is -0.149. The molecule has 0 aromatic heterocycles. The number of halogens is 1. The van der Waals surface area contributed by atoms with Crippen molar-refractivity contribution in [3.63, 3.8) is 0 Å². The largest absolute Gasteiger partial charge is 0.469 e. The number of hydrogen-bond donors (Lipinski definition) is 2. The number of methoxy groups -OCH3 is 1. The maximum absolute atomic E-state index is 11.1. The Morgan fingerprint density at radius 2 is 2.08 bits per heavy atom. The van der Waals surface area contributed by atoms with Gasteiger partial charge in [-0.1, -0.05) is 18.2 Å². The molecule has 140 valence electrons. The first kappa shape index (κ1) is 21.5. The Labute approximate surface area is 167 Å². The summed E-state index contributed by atoms with van der Waals surface area (Å²) in [6, 6.07) is 10.9. The third kappa shape index (κ3) is 7.50. The minimum absolute atomic E-state index is 0. The fraction of sp³-hybridized carbons (Fsp3) is 0.556. The number of rotatable bonds is 7. The van der Waals surface area contributed by atoms with E-state index in [1.807, 2.05) is 6.07 Å². The third-order valence-corrected chi connectivity index (χ3v) is 4.20. The summed E-state index contributed by atoms with van der Waals surface area (Å²) in [6.45, 7) is 2.83. The highest BCUT2D eigenvalue weighted by Crippen LogP contribution is 2.19. The van der Waals surface area contributed by atoms with E-state index in [-0.39, 0.29) is 29.9 Å². The van der Waals surface area contributed by atoms with Crippen molar-refractivity contribution in [3.8, 4) is 0 Å². The number of nitrogens with zero attached hydrogens (tertiary/aromatic N) is 2. The summed E-state index contributed by atoms with van der Waals surface area (Å²) in [4.78, 5) is 17.7. The summed E-state index contributed by atoms with van der Waals surface area (Å²) in [5, 5.41) is 6.79. The first-order chi connectivity index (χ1) is 11.7. The normalized spacial score (nSPS) is 17.0. The first-order valence-electron chi connectivity index (χ1n) is 8.57. The number of anilines is 1. The second kappa shape index (κ2) is 11.9. The van der Waals surface area contributed by atoms with E-state index in [4.69, 9.17) is 0 Å². The number of ether oxygens (including phenoxy) is 1. The van der Waals surface area contributed by atoms with Crippen LogP contribution in [0.15, 0.2) is 35.3 Å². The monoisotopic (exact) mass is 460 g/mol. The Morgan fingerprint density at radius 3 is 2.76 bits per heavy atom. The Hall–Kier alpha value is -1.51. The topological polar surface area (TPSA) is 66.0 Å². The number of guanidine groups is 1. The van der Waals surface area contributed by atoms with E-state index in [9.17, 15) is 4.79 Å². The Balaban J connectivity index is 0.00000312. The van der Waals surface area contributed by atoms with Gasteiger partial charge in [-0.3, -0.25) is 9.79 Å². The molecule has 1 saturated heterocycles. The molecule has 2 rings (SSSR count). The highest BCUT2D eigenvalue weighted by atomic mass is 127. The lowest BCUT2D eigenvalue weighted by Gasteiger charge is -2.20. The molecule has 0 amide bonds. The lowest BCUT2D eigenvalue weighted by molar-refractivity contribution is -0.140. The molecule has 0 spiro atoms. The third-order valence-electron chi connectivity index (χ3n) is 4.20. The molecule has 1 atom stereocenters. The average Bonchev–Trinajstić information content (AvgIpc) is 3.09. The zero-order valence-corrected chi connectivity index (χ0v) is 17.4. The van der Waals surface area contributed by atoms with Crippen LogP contribution >= 0.6 is 24.0 Å². The van der Waals surface area contributed by atoms with Gasteiger partial charge in [0.1, 0.15) is 0 Å². The smallest absolute Gasteiger partial charge is 0.305 e. The standard InChI is InChI=1S/C18H28N4O2.HI/c1-19-18(20-12-7-6-10-17(23)24-2)21-15-11-13-22(14-15)16-8-4-3-5-9-16;/h3-5,8-9,15H,6-7,10-14H2,1-2H3,(H2,19,20,21);1H. The van der Waals surface area contributed by atoms with E-state index in [2.05, 4.69) is 49.5 Å². The Bertz CT molecular complexity index is 539. The molecule has 7 heteroatoms. The van der Waals surface area contributed by atoms with Gasteiger partial charge in [0, 0.05) is 44.8 Å². The lowest BCUT2D eigenvalue weighted by Crippen LogP contribution is -2.44. The van der Waals surface area contributed by atoms with E-state index < -0.39 is 0 Å². The fourth-order valence-corrected chi connectivity index (χ4v) is 2.84. The van der Waals surface area contributed by atoms with Gasteiger partial charge in [0.25, 0.3) is 0 Å². The van der Waals surface area contributed by atoms with Gasteiger partial charge in [0.05, 0.1) is 7.11 Å². The zero-order chi connectivity index (χ0) is 17.2. The van der Waals surface area contributed by atoms with Crippen molar-refractivity contribution in [2.24, 2.45) is 4.99 Å². The molecule has 0 bridgehead atoms. The van der Waals surface area contributed by atoms with Gasteiger partial charge in [-0.15, -0.1) is 24.0 Å². The number of hydrogen-bond acceptors (Lipinski definition) is 4. The van der Waals surface area contributed by atoms with Crippen LogP contribution in [0.25, 0.3) is 0 Å². The van der Waals surface area contributed by atoms with Crippen LogP contribution in [0, 0.1) is 0 Å². The van der Waals surface area contributed by atoms with Crippen LogP contribution in [0.4, 0.5) is 5.69 Å². The molecule has 2 N–H and O–H groups in total. The summed E-state index contributed by atoms with van der Waals surface area (Å²) < 4.78 is 4.63. The average molecular weight is 460 g/mol. The molecule has 1 fully saturated rings. The van der Waals surface area contributed by atoms with Gasteiger partial charge in [-0.25, -0.2) is 0 Å². The molecule has 1 aromatic rings. The summed E-state index contributed by atoms with van der Waals surface area (Å²) in [5.74, 6) is 0.678. The number of esters is 1. The molecule has 1 aliphatic rings. The van der Waals surface area contributed by atoms with Gasteiger partial charge in [-0.05, 0) is 31.4 Å². The molecular weight excluding hydrogens is 431 g/mol. The molecule has 6 nitrogen and oxygen atoms in total. The second-order valence-electron chi connectivity index (χ2n) is 5.94. The van der Waals surface area contributed by atoms with Gasteiger partial charge in [-0.2, -0.15) is 0 Å². The maximum Gasteiger partial charge on any atom is 0.305 e. The molecule has 1 aromatic carbocycles. The first-order valence-corrected chi connectivity index (χ1v) is 8.57. The van der Waals surface area contributed by atoms with Crippen LogP contribution in [-0.4, -0.2) is 51.8 Å². The molecule has 0 radical (unpaired) electrons. The summed E-state index contributed by atoms with van der Waals surface area (Å²) in [7, 11) is 3.21. The molecule has 1 heterocycles. The van der Waals surface area contributed by atoms with Crippen molar-refractivity contribution in [2.75, 3.05) is 38.7 Å². The van der Waals surface area contributed by atoms with E-state index in [1.54, 1.807) is 7.05 Å². The summed E-state index contributed by atoms with van der Waals surface area (Å²) >= 11 is 0. The number of aliphatic imine (C=N–C) groups is 1. The minimum Gasteiger partial charge on any atom is -0.469 e. The molecule has 1 aliphatic heterocycles. The summed E-state index contributed by atoms with van der Waals surface area (Å²) in [6.07, 6.45) is 3.30. The molecule has 0 saturated carbocycles. The maximum atomic E-state index is 11.1. The Morgan fingerprint density at radius 1 is 1.32 bits per heavy atom. The SMILES string of the molecule is CN=C(NCCCCC(=O)OC)NC1CCN(c2ccccc2)C1.I. The molecule has 0 aliphatic carbocycles. The number of para-hydroxylation sites is 1. The number of benzene rings is 1. The number of carbonyl (C=O) groups excluding carboxylic acids is 1. The highest BCUT2D eigenvalue weighted by Gasteiger charge is 2.23. The van der Waals surface area contributed by atoms with Crippen LogP contribution in [-0.2, 0) is 9.53 Å². The lowest BCUT2D eigenvalue weighted by atomic mass is 10.2. The van der Waals surface area contributed by atoms with Crippen molar-refractivity contribution in [1.29, 1.82) is 0 Å². The number of carbonyl (C=O) groups is 1. The highest BCUT2D eigenvalue weighted by molar-refractivity contribution is 14.0. The van der Waals surface area contributed by atoms with Gasteiger partial charge < -0.3 is 20.3 Å². The van der Waals surface area contributed by atoms with Crippen molar-refractivity contribution in [3.05, 3.63) is 30.3 Å². The van der Waals surface area contributed by atoms with Gasteiger partial charge in [0.2, 0.25) is 0 Å². The predicted octanol–water partition coefficient (Wildman–Crippen LogP) is 2.39. The van der Waals surface area contributed by atoms with E-state index in [0.717, 1.165) is 44.9 Å². The predicted molar refractivity (Wildman–Crippen MR) is 113 cm³/mol. The van der Waals surface area contributed by atoms with Crippen LogP contribution in [0.5, 0.6) is 0 Å². The van der Waals surface area contributed by atoms with E-state index in [0.29, 0.717) is 12.5 Å². The molecule has 1 unspecified atom stereocenters. The fourth-order valence-electron chi connectivity index (χ4n) is 2.84. The van der Waals surface area contributed by atoms with Crippen molar-refractivity contribution < 1.29 is 9.53 Å². The van der Waals surface area contributed by atoms with E-state index in [1.165, 1.54) is 12.8 Å².